The Morgan fingerprint density at radius 1 is 1.29 bits per heavy atom. The summed E-state index contributed by atoms with van der Waals surface area (Å²) in [4.78, 5) is 11.9. The lowest BCUT2D eigenvalue weighted by Crippen LogP contribution is -2.39. The molecule has 2 aromatic carbocycles. The maximum absolute atomic E-state index is 11.9. The first kappa shape index (κ1) is 13.9. The van der Waals surface area contributed by atoms with E-state index in [0.29, 0.717) is 6.42 Å². The lowest BCUT2D eigenvalue weighted by Gasteiger charge is -2.27. The highest BCUT2D eigenvalue weighted by molar-refractivity contribution is 5.92. The third-order valence-electron chi connectivity index (χ3n) is 4.18. The van der Waals surface area contributed by atoms with Crippen molar-refractivity contribution in [2.75, 3.05) is 7.11 Å². The quantitative estimate of drug-likeness (QED) is 0.935. The molecule has 0 spiro atoms. The largest absolute Gasteiger partial charge is 0.496 e. The summed E-state index contributed by atoms with van der Waals surface area (Å²) in [5.74, 6) is 1.07. The fraction of sp³-hybridized carbons (Fsp3) is 0.389. The van der Waals surface area contributed by atoms with Gasteiger partial charge < -0.3 is 10.1 Å². The number of carbonyl (C=O) groups excluding carboxylic acids is 1. The minimum Gasteiger partial charge on any atom is -0.496 e. The van der Waals surface area contributed by atoms with Crippen LogP contribution in [-0.4, -0.2) is 19.1 Å². The smallest absolute Gasteiger partial charge is 0.220 e. The second kappa shape index (κ2) is 5.76. The fourth-order valence-electron chi connectivity index (χ4n) is 3.29. The molecule has 1 N–H and O–H groups in total. The molecule has 3 heteroatoms. The van der Waals surface area contributed by atoms with Gasteiger partial charge in [-0.25, -0.2) is 0 Å². The average Bonchev–Trinajstić information content (AvgIpc) is 2.48. The Hall–Kier alpha value is -2.03. The number of nitrogens with one attached hydrogen (secondary N) is 1. The summed E-state index contributed by atoms with van der Waals surface area (Å²) in [6, 6.07) is 10.7. The van der Waals surface area contributed by atoms with Gasteiger partial charge in [0.05, 0.1) is 7.11 Å². The summed E-state index contributed by atoms with van der Waals surface area (Å²) in [7, 11) is 1.71. The minimum absolute atomic E-state index is 0.146. The Morgan fingerprint density at radius 2 is 2.14 bits per heavy atom. The summed E-state index contributed by atoms with van der Waals surface area (Å²) in [5.41, 5.74) is 2.52. The molecule has 0 aliphatic heterocycles. The molecule has 21 heavy (non-hydrogen) atoms. The van der Waals surface area contributed by atoms with E-state index in [1.807, 2.05) is 13.0 Å². The predicted octanol–water partition coefficient (Wildman–Crippen LogP) is 3.23. The minimum atomic E-state index is 0.146. The Morgan fingerprint density at radius 3 is 2.90 bits per heavy atom. The van der Waals surface area contributed by atoms with Crippen molar-refractivity contribution in [1.29, 1.82) is 0 Å². The summed E-state index contributed by atoms with van der Waals surface area (Å²) >= 11 is 0. The van der Waals surface area contributed by atoms with Crippen molar-refractivity contribution >= 4 is 16.7 Å². The normalized spacial score (nSPS) is 16.8. The van der Waals surface area contributed by atoms with Crippen LogP contribution in [0.25, 0.3) is 10.8 Å². The van der Waals surface area contributed by atoms with Gasteiger partial charge in [0.2, 0.25) is 5.91 Å². The van der Waals surface area contributed by atoms with E-state index in [-0.39, 0.29) is 11.9 Å². The zero-order valence-corrected chi connectivity index (χ0v) is 12.6. The monoisotopic (exact) mass is 283 g/mol. The molecule has 0 radical (unpaired) electrons. The van der Waals surface area contributed by atoms with Crippen LogP contribution >= 0.6 is 0 Å². The zero-order valence-electron chi connectivity index (χ0n) is 12.6. The highest BCUT2D eigenvalue weighted by Crippen LogP contribution is 2.35. The van der Waals surface area contributed by atoms with Gasteiger partial charge in [0.1, 0.15) is 5.75 Å². The number of rotatable bonds is 4. The van der Waals surface area contributed by atoms with E-state index in [4.69, 9.17) is 4.74 Å². The Balaban J connectivity index is 1.97. The number of amides is 1. The summed E-state index contributed by atoms with van der Waals surface area (Å²) in [6.45, 7) is 2.03. The summed E-state index contributed by atoms with van der Waals surface area (Å²) in [5, 5.41) is 5.72. The lowest BCUT2D eigenvalue weighted by atomic mass is 9.85. The van der Waals surface area contributed by atoms with Crippen molar-refractivity contribution in [1.82, 2.24) is 5.32 Å². The zero-order chi connectivity index (χ0) is 14.8. The molecule has 0 saturated carbocycles. The third-order valence-corrected chi connectivity index (χ3v) is 4.18. The van der Waals surface area contributed by atoms with Gasteiger partial charge in [-0.2, -0.15) is 0 Å². The SMILES string of the molecule is CCCC(=O)N[C@@H]1Cc2cccc3ccc(OC)c(c23)C1. The molecule has 3 rings (SSSR count). The van der Waals surface area contributed by atoms with E-state index in [0.717, 1.165) is 25.0 Å². The van der Waals surface area contributed by atoms with Crippen LogP contribution < -0.4 is 10.1 Å². The van der Waals surface area contributed by atoms with E-state index in [9.17, 15) is 4.79 Å². The molecule has 2 aromatic rings. The first-order chi connectivity index (χ1) is 10.2. The Labute approximate surface area is 125 Å². The number of methoxy groups -OCH3 is 1. The molecule has 0 aromatic heterocycles. The van der Waals surface area contributed by atoms with Crippen molar-refractivity contribution < 1.29 is 9.53 Å². The van der Waals surface area contributed by atoms with E-state index >= 15 is 0 Å². The molecule has 110 valence electrons. The van der Waals surface area contributed by atoms with Gasteiger partial charge >= 0.3 is 0 Å². The Bertz CT molecular complexity index is 678. The second-order valence-electron chi connectivity index (χ2n) is 5.68. The molecule has 0 heterocycles. The van der Waals surface area contributed by atoms with Gasteiger partial charge in [0.15, 0.2) is 0 Å². The molecule has 1 atom stereocenters. The third kappa shape index (κ3) is 2.60. The number of hydrogen-bond donors (Lipinski definition) is 1. The highest BCUT2D eigenvalue weighted by atomic mass is 16.5. The maximum Gasteiger partial charge on any atom is 0.220 e. The molecule has 0 saturated heterocycles. The summed E-state index contributed by atoms with van der Waals surface area (Å²) in [6.07, 6.45) is 3.22. The molecular weight excluding hydrogens is 262 g/mol. The molecular formula is C18H21NO2. The van der Waals surface area contributed by atoms with Crippen LogP contribution in [0.3, 0.4) is 0 Å². The second-order valence-corrected chi connectivity index (χ2v) is 5.68. The standard InChI is InChI=1S/C18H21NO2/c1-3-5-17(20)19-14-10-13-7-4-6-12-8-9-16(21-2)15(11-14)18(12)13/h4,6-9,14H,3,5,10-11H2,1-2H3,(H,19,20)/t14-/m1/s1. The number of ether oxygens (including phenoxy) is 1. The fourth-order valence-corrected chi connectivity index (χ4v) is 3.29. The molecule has 1 aliphatic carbocycles. The van der Waals surface area contributed by atoms with Crippen LogP contribution in [0.2, 0.25) is 0 Å². The summed E-state index contributed by atoms with van der Waals surface area (Å²) < 4.78 is 5.52. The van der Waals surface area contributed by atoms with Crippen LogP contribution in [-0.2, 0) is 17.6 Å². The van der Waals surface area contributed by atoms with Gasteiger partial charge in [-0.1, -0.05) is 31.2 Å². The van der Waals surface area contributed by atoms with Crippen molar-refractivity contribution in [3.05, 3.63) is 41.5 Å². The molecule has 0 bridgehead atoms. The van der Waals surface area contributed by atoms with Crippen molar-refractivity contribution in [3.63, 3.8) is 0 Å². The van der Waals surface area contributed by atoms with Crippen molar-refractivity contribution in [2.24, 2.45) is 0 Å². The van der Waals surface area contributed by atoms with Gasteiger partial charge in [-0.15, -0.1) is 0 Å². The van der Waals surface area contributed by atoms with Crippen molar-refractivity contribution in [2.45, 2.75) is 38.6 Å². The van der Waals surface area contributed by atoms with Crippen molar-refractivity contribution in [3.8, 4) is 5.75 Å². The van der Waals surface area contributed by atoms with Crippen LogP contribution in [0.4, 0.5) is 0 Å². The van der Waals surface area contributed by atoms with Crippen LogP contribution in [0.1, 0.15) is 30.9 Å². The maximum atomic E-state index is 11.9. The number of carbonyl (C=O) groups is 1. The molecule has 1 amide bonds. The van der Waals surface area contributed by atoms with E-state index in [1.54, 1.807) is 7.11 Å². The lowest BCUT2D eigenvalue weighted by molar-refractivity contribution is -0.121. The van der Waals surface area contributed by atoms with Gasteiger partial charge in [-0.05, 0) is 41.7 Å². The van der Waals surface area contributed by atoms with E-state index in [1.165, 1.54) is 21.9 Å². The van der Waals surface area contributed by atoms with Crippen LogP contribution in [0.5, 0.6) is 5.75 Å². The first-order valence-corrected chi connectivity index (χ1v) is 7.59. The first-order valence-electron chi connectivity index (χ1n) is 7.59. The number of hydrogen-bond acceptors (Lipinski definition) is 2. The molecule has 0 fully saturated rings. The number of benzene rings is 2. The molecule has 3 nitrogen and oxygen atoms in total. The topological polar surface area (TPSA) is 38.3 Å². The van der Waals surface area contributed by atoms with Gasteiger partial charge in [0, 0.05) is 18.0 Å². The Kier molecular flexibility index (Phi) is 3.82. The van der Waals surface area contributed by atoms with Crippen LogP contribution in [0, 0.1) is 0 Å². The van der Waals surface area contributed by atoms with Gasteiger partial charge in [-0.3, -0.25) is 4.79 Å². The molecule has 1 aliphatic rings. The highest BCUT2D eigenvalue weighted by Gasteiger charge is 2.24. The predicted molar refractivity (Wildman–Crippen MR) is 84.7 cm³/mol. The van der Waals surface area contributed by atoms with E-state index in [2.05, 4.69) is 29.6 Å². The van der Waals surface area contributed by atoms with Gasteiger partial charge in [0.25, 0.3) is 0 Å². The van der Waals surface area contributed by atoms with Crippen LogP contribution in [0.15, 0.2) is 30.3 Å². The van der Waals surface area contributed by atoms with E-state index < -0.39 is 0 Å². The average molecular weight is 283 g/mol. The molecule has 0 unspecified atom stereocenters.